The first-order valence-electron chi connectivity index (χ1n) is 19.4. The van der Waals surface area contributed by atoms with Crippen LogP contribution in [0.3, 0.4) is 0 Å². The van der Waals surface area contributed by atoms with E-state index in [1.54, 1.807) is 0 Å². The highest BCUT2D eigenvalue weighted by molar-refractivity contribution is 8.00. The van der Waals surface area contributed by atoms with Crippen molar-refractivity contribution in [2.75, 3.05) is 0 Å². The van der Waals surface area contributed by atoms with Gasteiger partial charge >= 0.3 is 0 Å². The van der Waals surface area contributed by atoms with E-state index in [9.17, 15) is 0 Å². The molecule has 2 atom stereocenters. The Labute approximate surface area is 338 Å². The fourth-order valence-electron chi connectivity index (χ4n) is 9.02. The van der Waals surface area contributed by atoms with Crippen molar-refractivity contribution >= 4 is 82.4 Å². The normalized spacial score (nSPS) is 17.7. The molecular formula is C51H34N4S2. The summed E-state index contributed by atoms with van der Waals surface area (Å²) in [6.45, 7) is 0. The molecule has 7 aromatic carbocycles. The minimum Gasteiger partial charge on any atom is -0.324 e. The van der Waals surface area contributed by atoms with Crippen LogP contribution in [-0.4, -0.2) is 21.5 Å². The summed E-state index contributed by atoms with van der Waals surface area (Å²) >= 11 is 3.90. The maximum Gasteiger partial charge on any atom is 0.169 e. The molecule has 0 fully saturated rings. The second-order valence-electron chi connectivity index (χ2n) is 14.9. The molecule has 0 saturated carbocycles. The average molecular weight is 767 g/mol. The topological polar surface area (TPSA) is 41.7 Å². The molecule has 4 nitrogen and oxygen atoms in total. The highest BCUT2D eigenvalue weighted by atomic mass is 32.2. The summed E-state index contributed by atoms with van der Waals surface area (Å²) < 4.78 is 5.07. The quantitative estimate of drug-likeness (QED) is 0.190. The molecule has 0 bridgehead atoms. The third-order valence-electron chi connectivity index (χ3n) is 11.6. The molecule has 1 N–H and O–H groups in total. The fraction of sp³-hybridized carbons (Fsp3) is 0.0588. The highest BCUT2D eigenvalue weighted by Gasteiger charge is 2.38. The summed E-state index contributed by atoms with van der Waals surface area (Å²) in [7, 11) is 0. The number of allylic oxidation sites excluding steroid dienone is 3. The number of aromatic nitrogens is 1. The lowest BCUT2D eigenvalue weighted by molar-refractivity contribution is 0.757. The van der Waals surface area contributed by atoms with E-state index < -0.39 is 0 Å². The molecule has 57 heavy (non-hydrogen) atoms. The van der Waals surface area contributed by atoms with E-state index in [1.807, 2.05) is 35.2 Å². The number of rotatable bonds is 5. The largest absolute Gasteiger partial charge is 0.324 e. The molecule has 0 spiro atoms. The Balaban J connectivity index is 0.948. The minimum atomic E-state index is -0.368. The number of benzene rings is 7. The van der Waals surface area contributed by atoms with Crippen molar-refractivity contribution in [2.24, 2.45) is 9.98 Å². The van der Waals surface area contributed by atoms with Crippen LogP contribution in [0.4, 0.5) is 0 Å². The van der Waals surface area contributed by atoms with Gasteiger partial charge in [0.1, 0.15) is 11.7 Å². The summed E-state index contributed by atoms with van der Waals surface area (Å²) in [4.78, 5) is 11.7. The van der Waals surface area contributed by atoms with E-state index >= 15 is 0 Å². The molecule has 0 radical (unpaired) electrons. The number of thioether (sulfide) groups is 1. The van der Waals surface area contributed by atoms with Crippen molar-refractivity contribution in [1.29, 1.82) is 0 Å². The van der Waals surface area contributed by atoms with E-state index in [2.05, 4.69) is 180 Å². The lowest BCUT2D eigenvalue weighted by Gasteiger charge is -2.25. The number of hydrogen-bond donors (Lipinski definition) is 1. The van der Waals surface area contributed by atoms with Gasteiger partial charge in [-0.15, -0.1) is 23.1 Å². The number of fused-ring (bicyclic) bond motifs is 9. The van der Waals surface area contributed by atoms with Crippen LogP contribution < -0.4 is 5.32 Å². The molecule has 2 unspecified atom stereocenters. The molecular weight excluding hydrogens is 733 g/mol. The van der Waals surface area contributed by atoms with Crippen LogP contribution in [0.2, 0.25) is 0 Å². The average Bonchev–Trinajstić information content (AvgIpc) is 3.96. The molecule has 0 saturated heterocycles. The molecule has 3 aliphatic rings. The first-order valence-corrected chi connectivity index (χ1v) is 21.1. The Morgan fingerprint density at radius 1 is 0.561 bits per heavy atom. The highest BCUT2D eigenvalue weighted by Crippen LogP contribution is 2.56. The molecule has 2 aromatic heterocycles. The maximum atomic E-state index is 5.16. The van der Waals surface area contributed by atoms with E-state index in [0.717, 1.165) is 28.4 Å². The SMILES string of the molecule is C1=CC2c3cccc(-c4cccc5c4sc4cc(C6N=C(c7ccccc7)NC(c7ccccc7)=N6)ccc45)c3SC2C(n2c3ccccc3c3ccccc32)=C1. The van der Waals surface area contributed by atoms with Gasteiger partial charge in [-0.25, -0.2) is 9.98 Å². The zero-order valence-corrected chi connectivity index (χ0v) is 32.3. The van der Waals surface area contributed by atoms with Crippen LogP contribution >= 0.6 is 23.1 Å². The molecule has 12 rings (SSSR count). The van der Waals surface area contributed by atoms with Crippen molar-refractivity contribution in [3.8, 4) is 11.1 Å². The summed E-state index contributed by atoms with van der Waals surface area (Å²) in [6.07, 6.45) is 6.65. The first-order chi connectivity index (χ1) is 28.3. The number of thiophene rings is 1. The number of aliphatic imine (C=N–C) groups is 2. The summed E-state index contributed by atoms with van der Waals surface area (Å²) in [5, 5.41) is 8.94. The predicted octanol–water partition coefficient (Wildman–Crippen LogP) is 13.0. The fourth-order valence-corrected chi connectivity index (χ4v) is 11.9. The van der Waals surface area contributed by atoms with Gasteiger partial charge < -0.3 is 9.88 Å². The standard InChI is InChI=1S/C51H34N4S2/c1-3-14-31(15-4-1)49-52-50(32-16-5-2-6-17-32)54-51(53-49)33-28-29-36-37-20-11-21-38(46(37)56-45(36)30-33)39-22-12-23-40-41-24-13-27-44(48(41)57-47(39)40)55-42-25-9-7-18-34(42)35-19-8-10-26-43(35)55/h1-30,41,48,51H,(H,52,53,54). The van der Waals surface area contributed by atoms with E-state index in [1.165, 1.54) is 69.3 Å². The van der Waals surface area contributed by atoms with Gasteiger partial charge in [0.25, 0.3) is 0 Å². The van der Waals surface area contributed by atoms with Crippen molar-refractivity contribution in [1.82, 2.24) is 9.88 Å². The van der Waals surface area contributed by atoms with Gasteiger partial charge in [0.15, 0.2) is 6.17 Å². The zero-order chi connectivity index (χ0) is 37.5. The number of amidine groups is 2. The predicted molar refractivity (Wildman–Crippen MR) is 242 cm³/mol. The number of hydrogen-bond acceptors (Lipinski definition) is 5. The number of nitrogens with one attached hydrogen (secondary N) is 1. The van der Waals surface area contributed by atoms with Crippen molar-refractivity contribution < 1.29 is 0 Å². The van der Waals surface area contributed by atoms with E-state index in [4.69, 9.17) is 9.98 Å². The van der Waals surface area contributed by atoms with Gasteiger partial charge in [-0.05, 0) is 41.0 Å². The van der Waals surface area contributed by atoms with E-state index in [-0.39, 0.29) is 11.4 Å². The van der Waals surface area contributed by atoms with Crippen LogP contribution in [-0.2, 0) is 0 Å². The number of para-hydroxylation sites is 2. The van der Waals surface area contributed by atoms with Crippen LogP contribution in [0.25, 0.3) is 58.8 Å². The molecule has 2 aliphatic heterocycles. The van der Waals surface area contributed by atoms with Gasteiger partial charge in [-0.2, -0.15) is 0 Å². The Morgan fingerprint density at radius 2 is 1.19 bits per heavy atom. The molecule has 1 aliphatic carbocycles. The first kappa shape index (κ1) is 32.7. The monoisotopic (exact) mass is 766 g/mol. The third kappa shape index (κ3) is 5.21. The van der Waals surface area contributed by atoms with Gasteiger partial charge in [0.05, 0.1) is 16.3 Å². The van der Waals surface area contributed by atoms with Crippen LogP contribution in [0.15, 0.2) is 197 Å². The maximum absolute atomic E-state index is 5.16. The lowest BCUT2D eigenvalue weighted by atomic mass is 9.88. The molecule has 270 valence electrons. The molecule has 4 heterocycles. The Morgan fingerprint density at radius 3 is 1.91 bits per heavy atom. The van der Waals surface area contributed by atoms with Crippen molar-refractivity contribution in [3.05, 3.63) is 204 Å². The molecule has 6 heteroatoms. The van der Waals surface area contributed by atoms with Gasteiger partial charge in [-0.1, -0.05) is 158 Å². The van der Waals surface area contributed by atoms with Crippen molar-refractivity contribution in [2.45, 2.75) is 22.2 Å². The van der Waals surface area contributed by atoms with Crippen LogP contribution in [0, 0.1) is 0 Å². The van der Waals surface area contributed by atoms with Crippen molar-refractivity contribution in [3.63, 3.8) is 0 Å². The molecule has 9 aromatic rings. The second-order valence-corrected chi connectivity index (χ2v) is 17.1. The Kier molecular flexibility index (Phi) is 7.50. The van der Waals surface area contributed by atoms with Gasteiger partial charge in [0, 0.05) is 64.1 Å². The van der Waals surface area contributed by atoms with Gasteiger partial charge in [0.2, 0.25) is 0 Å². The van der Waals surface area contributed by atoms with Crippen LogP contribution in [0.1, 0.15) is 34.3 Å². The van der Waals surface area contributed by atoms with Crippen LogP contribution in [0.5, 0.6) is 0 Å². The smallest absolute Gasteiger partial charge is 0.169 e. The van der Waals surface area contributed by atoms with E-state index in [0.29, 0.717) is 5.92 Å². The third-order valence-corrected chi connectivity index (χ3v) is 14.3. The van der Waals surface area contributed by atoms with Gasteiger partial charge in [-0.3, -0.25) is 0 Å². The lowest BCUT2D eigenvalue weighted by Crippen LogP contribution is -2.35. The Hall–Kier alpha value is -6.47. The second kappa shape index (κ2) is 13.1. The zero-order valence-electron chi connectivity index (χ0n) is 30.7. The Bertz CT molecular complexity index is 3100. The summed E-state index contributed by atoms with van der Waals surface area (Å²) in [6, 6.07) is 58.9. The minimum absolute atomic E-state index is 0.266. The number of nitrogens with zero attached hydrogens (tertiary/aromatic N) is 3. The summed E-state index contributed by atoms with van der Waals surface area (Å²) in [5.41, 5.74) is 11.0. The molecule has 0 amide bonds. The summed E-state index contributed by atoms with van der Waals surface area (Å²) in [5.74, 6) is 1.95.